The number of nitrogens with zero attached hydrogens (tertiary/aromatic N) is 1. The van der Waals surface area contributed by atoms with Crippen LogP contribution >= 0.6 is 0 Å². The molecule has 0 unspecified atom stereocenters. The second-order valence-corrected chi connectivity index (χ2v) is 10.6. The van der Waals surface area contributed by atoms with Crippen molar-refractivity contribution in [1.29, 1.82) is 0 Å². The summed E-state index contributed by atoms with van der Waals surface area (Å²) in [6.45, 7) is 1.97. The number of hydrogen-bond donors (Lipinski definition) is 4. The molecule has 2 aliphatic rings. The van der Waals surface area contributed by atoms with Gasteiger partial charge in [-0.1, -0.05) is 18.2 Å². The first-order valence-electron chi connectivity index (χ1n) is 11.5. The van der Waals surface area contributed by atoms with E-state index in [9.17, 15) is 13.2 Å². The third-order valence-electron chi connectivity index (χ3n) is 6.44. The van der Waals surface area contributed by atoms with Crippen molar-refractivity contribution in [2.45, 2.75) is 30.2 Å². The maximum Gasteiger partial charge on any atom is 0.251 e. The van der Waals surface area contributed by atoms with Crippen LogP contribution in [0.2, 0.25) is 0 Å². The van der Waals surface area contributed by atoms with E-state index in [2.05, 4.69) is 20.3 Å². The predicted octanol–water partition coefficient (Wildman–Crippen LogP) is 2.45. The molecule has 0 aliphatic carbocycles. The van der Waals surface area contributed by atoms with Gasteiger partial charge in [-0.15, -0.1) is 0 Å². The van der Waals surface area contributed by atoms with E-state index in [1.807, 2.05) is 6.07 Å². The molecular weight excluding hydrogens is 469 g/mol. The number of aromatic nitrogens is 1. The monoisotopic (exact) mass is 495 g/mol. The SMILES string of the molecule is Nc1ncc(-c2ccc(S(=O)(=O)N[C@H]3CCCNC3)cc2F)cc1-c1ccc2c(c1)CCNC2=O. The van der Waals surface area contributed by atoms with Crippen molar-refractivity contribution < 1.29 is 17.6 Å². The maximum absolute atomic E-state index is 15.1. The number of anilines is 1. The zero-order valence-electron chi connectivity index (χ0n) is 19.0. The molecule has 3 heterocycles. The zero-order chi connectivity index (χ0) is 24.6. The van der Waals surface area contributed by atoms with Crippen LogP contribution in [-0.2, 0) is 16.4 Å². The smallest absolute Gasteiger partial charge is 0.251 e. The first kappa shape index (κ1) is 23.4. The Labute approximate surface area is 203 Å². The summed E-state index contributed by atoms with van der Waals surface area (Å²) in [7, 11) is -3.85. The van der Waals surface area contributed by atoms with Gasteiger partial charge < -0.3 is 16.4 Å². The van der Waals surface area contributed by atoms with Crippen LogP contribution in [-0.4, -0.2) is 45.0 Å². The Morgan fingerprint density at radius 1 is 1.03 bits per heavy atom. The van der Waals surface area contributed by atoms with Crippen molar-refractivity contribution in [3.63, 3.8) is 0 Å². The summed E-state index contributed by atoms with van der Waals surface area (Å²) in [4.78, 5) is 16.2. The highest BCUT2D eigenvalue weighted by molar-refractivity contribution is 7.89. The minimum absolute atomic E-state index is 0.107. The molecule has 2 aliphatic heterocycles. The molecule has 1 fully saturated rings. The Bertz CT molecular complexity index is 1400. The molecule has 1 saturated heterocycles. The molecule has 0 bridgehead atoms. The van der Waals surface area contributed by atoms with Crippen molar-refractivity contribution >= 4 is 21.7 Å². The number of pyridine rings is 1. The van der Waals surface area contributed by atoms with Crippen LogP contribution in [0.3, 0.4) is 0 Å². The molecule has 1 aromatic heterocycles. The van der Waals surface area contributed by atoms with E-state index in [4.69, 9.17) is 5.73 Å². The molecule has 0 radical (unpaired) electrons. The van der Waals surface area contributed by atoms with Crippen LogP contribution in [0.4, 0.5) is 10.2 Å². The Kier molecular flexibility index (Phi) is 6.26. The van der Waals surface area contributed by atoms with E-state index >= 15 is 4.39 Å². The summed E-state index contributed by atoms with van der Waals surface area (Å²) < 4.78 is 43.3. The van der Waals surface area contributed by atoms with Crippen molar-refractivity contribution in [3.05, 3.63) is 65.6 Å². The van der Waals surface area contributed by atoms with Crippen LogP contribution in [0.25, 0.3) is 22.3 Å². The Balaban J connectivity index is 1.45. The van der Waals surface area contributed by atoms with Gasteiger partial charge in [0.25, 0.3) is 5.91 Å². The number of rotatable bonds is 5. The van der Waals surface area contributed by atoms with Crippen molar-refractivity contribution in [3.8, 4) is 22.3 Å². The molecule has 35 heavy (non-hydrogen) atoms. The molecule has 10 heteroatoms. The normalized spacial score (nSPS) is 18.1. The number of nitrogens with two attached hydrogens (primary N) is 1. The average molecular weight is 496 g/mol. The predicted molar refractivity (Wildman–Crippen MR) is 132 cm³/mol. The minimum Gasteiger partial charge on any atom is -0.383 e. The zero-order valence-corrected chi connectivity index (χ0v) is 19.8. The van der Waals surface area contributed by atoms with Gasteiger partial charge >= 0.3 is 0 Å². The molecule has 182 valence electrons. The molecule has 3 aromatic rings. The van der Waals surface area contributed by atoms with Crippen LogP contribution < -0.4 is 21.1 Å². The Morgan fingerprint density at radius 3 is 2.63 bits per heavy atom. The number of amides is 1. The van der Waals surface area contributed by atoms with Crippen molar-refractivity contribution in [2.24, 2.45) is 0 Å². The largest absolute Gasteiger partial charge is 0.383 e. The number of nitrogen functional groups attached to an aromatic ring is 1. The molecular formula is C25H26FN5O3S. The fraction of sp³-hybridized carbons (Fsp3) is 0.280. The van der Waals surface area contributed by atoms with Gasteiger partial charge in [0.15, 0.2) is 0 Å². The number of piperidine rings is 1. The molecule has 5 N–H and O–H groups in total. The lowest BCUT2D eigenvalue weighted by Gasteiger charge is -2.23. The molecule has 1 atom stereocenters. The minimum atomic E-state index is -3.85. The van der Waals surface area contributed by atoms with E-state index in [1.165, 1.54) is 18.3 Å². The van der Waals surface area contributed by atoms with E-state index in [-0.39, 0.29) is 28.2 Å². The van der Waals surface area contributed by atoms with Gasteiger partial charge in [-0.2, -0.15) is 0 Å². The van der Waals surface area contributed by atoms with Gasteiger partial charge in [0.2, 0.25) is 10.0 Å². The third kappa shape index (κ3) is 4.77. The van der Waals surface area contributed by atoms with Crippen molar-refractivity contribution in [2.75, 3.05) is 25.4 Å². The lowest BCUT2D eigenvalue weighted by molar-refractivity contribution is 0.0946. The molecule has 0 spiro atoms. The van der Waals surface area contributed by atoms with Crippen LogP contribution in [0, 0.1) is 5.82 Å². The van der Waals surface area contributed by atoms with Gasteiger partial charge in [-0.05, 0) is 61.2 Å². The van der Waals surface area contributed by atoms with Crippen LogP contribution in [0.1, 0.15) is 28.8 Å². The summed E-state index contributed by atoms with van der Waals surface area (Å²) in [5.74, 6) is -0.503. The van der Waals surface area contributed by atoms with E-state index in [0.717, 1.165) is 36.6 Å². The third-order valence-corrected chi connectivity index (χ3v) is 7.96. The molecule has 5 rings (SSSR count). The molecule has 2 aromatic carbocycles. The lowest BCUT2D eigenvalue weighted by atomic mass is 9.94. The summed E-state index contributed by atoms with van der Waals surface area (Å²) in [6.07, 6.45) is 3.78. The number of halogens is 1. The Morgan fingerprint density at radius 2 is 1.86 bits per heavy atom. The van der Waals surface area contributed by atoms with Gasteiger partial charge in [0.05, 0.1) is 4.90 Å². The quantitative estimate of drug-likeness (QED) is 0.431. The summed E-state index contributed by atoms with van der Waals surface area (Å²) in [5.41, 5.74) is 9.74. The molecule has 0 saturated carbocycles. The number of carbonyl (C=O) groups excluding carboxylic acids is 1. The number of benzene rings is 2. The summed E-state index contributed by atoms with van der Waals surface area (Å²) in [6, 6.07) is 10.8. The van der Waals surface area contributed by atoms with E-state index < -0.39 is 15.8 Å². The summed E-state index contributed by atoms with van der Waals surface area (Å²) in [5, 5.41) is 5.97. The number of nitrogens with one attached hydrogen (secondary N) is 3. The standard InChI is InChI=1S/C25H26FN5O3S/c26-23-12-19(35(33,34)31-18-2-1-8-28-14-18)4-6-20(23)17-11-22(24(27)30-13-17)15-3-5-21-16(10-15)7-9-29-25(21)32/h3-6,10-13,18,28,31H,1-2,7-9,14H2,(H2,27,30)(H,29,32)/t18-/m0/s1. The van der Waals surface area contributed by atoms with Gasteiger partial charge in [-0.3, -0.25) is 4.79 Å². The molecule has 8 nitrogen and oxygen atoms in total. The second kappa shape index (κ2) is 9.37. The van der Waals surface area contributed by atoms with Crippen LogP contribution in [0.15, 0.2) is 53.6 Å². The van der Waals surface area contributed by atoms with Crippen molar-refractivity contribution in [1.82, 2.24) is 20.3 Å². The number of sulfonamides is 1. The van der Waals surface area contributed by atoms with E-state index in [1.54, 1.807) is 18.2 Å². The molecule has 1 amide bonds. The average Bonchev–Trinajstić information content (AvgIpc) is 2.85. The Hall–Kier alpha value is -3.34. The van der Waals surface area contributed by atoms with Gasteiger partial charge in [-0.25, -0.2) is 22.5 Å². The first-order chi connectivity index (χ1) is 16.8. The lowest BCUT2D eigenvalue weighted by Crippen LogP contribution is -2.45. The van der Waals surface area contributed by atoms with Crippen LogP contribution in [0.5, 0.6) is 0 Å². The second-order valence-electron chi connectivity index (χ2n) is 8.84. The number of fused-ring (bicyclic) bond motifs is 1. The highest BCUT2D eigenvalue weighted by Crippen LogP contribution is 2.33. The fourth-order valence-electron chi connectivity index (χ4n) is 4.59. The van der Waals surface area contributed by atoms with Gasteiger partial charge in [0, 0.05) is 47.6 Å². The number of carbonyl (C=O) groups is 1. The summed E-state index contributed by atoms with van der Waals surface area (Å²) >= 11 is 0. The highest BCUT2D eigenvalue weighted by atomic mass is 32.2. The first-order valence-corrected chi connectivity index (χ1v) is 13.0. The fourth-order valence-corrected chi connectivity index (χ4v) is 5.87. The van der Waals surface area contributed by atoms with E-state index in [0.29, 0.717) is 36.2 Å². The highest BCUT2D eigenvalue weighted by Gasteiger charge is 2.23. The van der Waals surface area contributed by atoms with Gasteiger partial charge in [0.1, 0.15) is 11.6 Å². The number of hydrogen-bond acceptors (Lipinski definition) is 6. The topological polar surface area (TPSA) is 126 Å². The maximum atomic E-state index is 15.1.